The first-order valence-electron chi connectivity index (χ1n) is 8.91. The van der Waals surface area contributed by atoms with Gasteiger partial charge < -0.3 is 14.7 Å². The maximum Gasteiger partial charge on any atom is 0.410 e. The minimum absolute atomic E-state index is 0.0580. The summed E-state index contributed by atoms with van der Waals surface area (Å²) in [5.41, 5.74) is 1.97. The van der Waals surface area contributed by atoms with Crippen LogP contribution in [-0.2, 0) is 10.3 Å². The highest BCUT2D eigenvalue weighted by molar-refractivity contribution is 5.70. The fourth-order valence-electron chi connectivity index (χ4n) is 4.59. The first-order chi connectivity index (χ1) is 11.1. The van der Waals surface area contributed by atoms with E-state index in [1.165, 1.54) is 0 Å². The molecular weight excluding hydrogens is 302 g/mol. The number of rotatable bonds is 1. The first-order valence-corrected chi connectivity index (χ1v) is 8.91. The highest BCUT2D eigenvalue weighted by atomic mass is 16.6. The van der Waals surface area contributed by atoms with E-state index in [1.807, 2.05) is 31.7 Å². The van der Waals surface area contributed by atoms with E-state index in [9.17, 15) is 9.90 Å². The van der Waals surface area contributed by atoms with E-state index in [-0.39, 0.29) is 18.2 Å². The van der Waals surface area contributed by atoms with E-state index >= 15 is 0 Å². The highest BCUT2D eigenvalue weighted by Gasteiger charge is 2.51. The molecule has 132 valence electrons. The van der Waals surface area contributed by atoms with Crippen molar-refractivity contribution in [2.75, 3.05) is 0 Å². The lowest BCUT2D eigenvalue weighted by molar-refractivity contribution is -0.0630. The molecule has 2 heterocycles. The third kappa shape index (κ3) is 3.04. The lowest BCUT2D eigenvalue weighted by Crippen LogP contribution is -2.53. The van der Waals surface area contributed by atoms with Crippen molar-refractivity contribution >= 4 is 6.09 Å². The molecule has 0 saturated carbocycles. The number of carbonyl (C=O) groups excluding carboxylic acids is 1. The molecule has 0 aliphatic carbocycles. The Balaban J connectivity index is 1.86. The molecule has 2 saturated heterocycles. The second kappa shape index (κ2) is 5.76. The highest BCUT2D eigenvalue weighted by Crippen LogP contribution is 2.47. The van der Waals surface area contributed by atoms with Gasteiger partial charge in [-0.05, 0) is 64.2 Å². The van der Waals surface area contributed by atoms with Crippen LogP contribution in [0.25, 0.3) is 0 Å². The van der Waals surface area contributed by atoms with Crippen molar-refractivity contribution in [2.45, 2.75) is 83.6 Å². The van der Waals surface area contributed by atoms with Gasteiger partial charge in [-0.2, -0.15) is 0 Å². The summed E-state index contributed by atoms with van der Waals surface area (Å²) in [4.78, 5) is 14.5. The molecule has 2 bridgehead atoms. The van der Waals surface area contributed by atoms with E-state index < -0.39 is 11.2 Å². The van der Waals surface area contributed by atoms with Gasteiger partial charge in [-0.3, -0.25) is 0 Å². The van der Waals surface area contributed by atoms with Crippen molar-refractivity contribution in [1.82, 2.24) is 4.90 Å². The molecule has 0 radical (unpaired) electrons. The van der Waals surface area contributed by atoms with Crippen LogP contribution >= 0.6 is 0 Å². The summed E-state index contributed by atoms with van der Waals surface area (Å²) in [6.07, 6.45) is 2.83. The van der Waals surface area contributed by atoms with Gasteiger partial charge in [0, 0.05) is 24.9 Å². The van der Waals surface area contributed by atoms with Gasteiger partial charge in [-0.25, -0.2) is 4.79 Å². The molecule has 4 heteroatoms. The normalized spacial score (nSPS) is 29.7. The predicted molar refractivity (Wildman–Crippen MR) is 93.9 cm³/mol. The van der Waals surface area contributed by atoms with Gasteiger partial charge in [0.1, 0.15) is 5.60 Å². The fraction of sp³-hybridized carbons (Fsp3) is 0.650. The molecule has 1 amide bonds. The summed E-state index contributed by atoms with van der Waals surface area (Å²) in [5.74, 6) is 0. The van der Waals surface area contributed by atoms with Crippen molar-refractivity contribution in [3.05, 3.63) is 34.9 Å². The first kappa shape index (κ1) is 17.3. The molecule has 4 nitrogen and oxygen atoms in total. The van der Waals surface area contributed by atoms with Crippen LogP contribution in [0, 0.1) is 13.8 Å². The molecule has 0 spiro atoms. The fourth-order valence-corrected chi connectivity index (χ4v) is 4.59. The Labute approximate surface area is 144 Å². The average Bonchev–Trinajstić information content (AvgIpc) is 2.70. The van der Waals surface area contributed by atoms with E-state index in [0.29, 0.717) is 12.8 Å². The average molecular weight is 331 g/mol. The van der Waals surface area contributed by atoms with Gasteiger partial charge in [0.05, 0.1) is 5.60 Å². The van der Waals surface area contributed by atoms with E-state index in [2.05, 4.69) is 26.0 Å². The minimum atomic E-state index is -0.847. The van der Waals surface area contributed by atoms with Gasteiger partial charge in [0.25, 0.3) is 0 Å². The van der Waals surface area contributed by atoms with Gasteiger partial charge in [-0.15, -0.1) is 0 Å². The van der Waals surface area contributed by atoms with Gasteiger partial charge in [0.2, 0.25) is 0 Å². The molecule has 1 aromatic carbocycles. The third-order valence-corrected chi connectivity index (χ3v) is 5.32. The summed E-state index contributed by atoms with van der Waals surface area (Å²) >= 11 is 0. The number of benzene rings is 1. The number of hydrogen-bond acceptors (Lipinski definition) is 3. The maximum atomic E-state index is 12.6. The molecule has 1 N–H and O–H groups in total. The van der Waals surface area contributed by atoms with Crippen LogP contribution in [0.15, 0.2) is 18.2 Å². The van der Waals surface area contributed by atoms with Crippen LogP contribution in [0.3, 0.4) is 0 Å². The number of fused-ring (bicyclic) bond motifs is 2. The van der Waals surface area contributed by atoms with Crippen molar-refractivity contribution in [3.8, 4) is 0 Å². The molecule has 2 fully saturated rings. The summed E-state index contributed by atoms with van der Waals surface area (Å²) in [6, 6.07) is 6.26. The van der Waals surface area contributed by atoms with Gasteiger partial charge >= 0.3 is 6.09 Å². The number of piperidine rings is 1. The Morgan fingerprint density at radius 1 is 1.17 bits per heavy atom. The smallest absolute Gasteiger partial charge is 0.410 e. The third-order valence-electron chi connectivity index (χ3n) is 5.32. The van der Waals surface area contributed by atoms with Crippen molar-refractivity contribution in [1.29, 1.82) is 0 Å². The van der Waals surface area contributed by atoms with E-state index in [4.69, 9.17) is 4.74 Å². The summed E-state index contributed by atoms with van der Waals surface area (Å²) in [6.45, 7) is 9.79. The number of nitrogens with zero attached hydrogens (tertiary/aromatic N) is 1. The van der Waals surface area contributed by atoms with Crippen LogP contribution in [-0.4, -0.2) is 33.8 Å². The number of aliphatic hydroxyl groups is 1. The molecular formula is C20H29NO3. The zero-order chi connectivity index (χ0) is 17.7. The lowest BCUT2D eigenvalue weighted by atomic mass is 9.77. The maximum absolute atomic E-state index is 12.6. The van der Waals surface area contributed by atoms with Crippen LogP contribution in [0.2, 0.25) is 0 Å². The Bertz CT molecular complexity index is 613. The molecule has 1 aromatic rings. The lowest BCUT2D eigenvalue weighted by Gasteiger charge is -2.45. The second-order valence-electron chi connectivity index (χ2n) is 8.48. The molecule has 2 atom stereocenters. The van der Waals surface area contributed by atoms with Crippen molar-refractivity contribution in [2.24, 2.45) is 0 Å². The van der Waals surface area contributed by atoms with Crippen LogP contribution in [0.5, 0.6) is 0 Å². The topological polar surface area (TPSA) is 49.8 Å². The zero-order valence-corrected chi connectivity index (χ0v) is 15.4. The quantitative estimate of drug-likeness (QED) is 0.844. The minimum Gasteiger partial charge on any atom is -0.444 e. The molecule has 2 aliphatic heterocycles. The molecule has 24 heavy (non-hydrogen) atoms. The van der Waals surface area contributed by atoms with E-state index in [1.54, 1.807) is 0 Å². The number of ether oxygens (including phenoxy) is 1. The van der Waals surface area contributed by atoms with Crippen LogP contribution in [0.1, 0.15) is 63.1 Å². The van der Waals surface area contributed by atoms with E-state index in [0.717, 1.165) is 29.5 Å². The molecule has 2 unspecified atom stereocenters. The summed E-state index contributed by atoms with van der Waals surface area (Å²) in [5, 5.41) is 11.4. The van der Waals surface area contributed by atoms with Crippen molar-refractivity contribution < 1.29 is 14.6 Å². The number of amides is 1. The zero-order valence-electron chi connectivity index (χ0n) is 15.4. The summed E-state index contributed by atoms with van der Waals surface area (Å²) < 4.78 is 5.58. The number of carbonyl (C=O) groups is 1. The molecule has 2 aliphatic rings. The van der Waals surface area contributed by atoms with Crippen molar-refractivity contribution in [3.63, 3.8) is 0 Å². The monoisotopic (exact) mass is 331 g/mol. The van der Waals surface area contributed by atoms with Crippen LogP contribution < -0.4 is 0 Å². The Morgan fingerprint density at radius 3 is 2.12 bits per heavy atom. The SMILES string of the molecule is Cc1cccc(C)c1C1(O)CC2CCC(C1)N2C(=O)OC(C)(C)C. The standard InChI is InChI=1S/C20H29NO3/c1-13-7-6-8-14(2)17(13)20(23)11-15-9-10-16(12-20)21(15)18(22)24-19(3,4)5/h6-8,15-16,23H,9-12H2,1-5H3. The Hall–Kier alpha value is -1.55. The second-order valence-corrected chi connectivity index (χ2v) is 8.48. The number of hydrogen-bond donors (Lipinski definition) is 1. The van der Waals surface area contributed by atoms with Crippen LogP contribution in [0.4, 0.5) is 4.79 Å². The van der Waals surface area contributed by atoms with Gasteiger partial charge in [0.15, 0.2) is 0 Å². The van der Waals surface area contributed by atoms with Gasteiger partial charge in [-0.1, -0.05) is 18.2 Å². The summed E-state index contributed by atoms with van der Waals surface area (Å²) in [7, 11) is 0. The predicted octanol–water partition coefficient (Wildman–Crippen LogP) is 4.05. The largest absolute Gasteiger partial charge is 0.444 e. The Kier molecular flexibility index (Phi) is 4.15. The molecule has 3 rings (SSSR count). The Morgan fingerprint density at radius 2 is 1.67 bits per heavy atom. The number of aryl methyl sites for hydroxylation is 2. The molecule has 0 aromatic heterocycles.